The maximum atomic E-state index is 14.3. The largest absolute Gasteiger partial charge is 0.493 e. The number of alkyl halides is 2. The predicted octanol–water partition coefficient (Wildman–Crippen LogP) is 4.23. The Morgan fingerprint density at radius 1 is 1.20 bits per heavy atom. The van der Waals surface area contributed by atoms with Crippen molar-refractivity contribution >= 4 is 5.91 Å². The number of amides is 1. The molecular weight excluding hydrogens is 399 g/mol. The van der Waals surface area contributed by atoms with E-state index in [1.165, 1.54) is 13.0 Å². The summed E-state index contributed by atoms with van der Waals surface area (Å²) in [7, 11) is 0. The summed E-state index contributed by atoms with van der Waals surface area (Å²) in [6.45, 7) is 3.92. The first-order valence-electron chi connectivity index (χ1n) is 10.5. The molecule has 2 atom stereocenters. The SMILES string of the molecule is CC(=O)N[C@@H](C)COC1CCC(OCc2ccc(OCC3CC3(F)F)cc2F)CC1. The fraction of sp³-hybridized carbons (Fsp3) is 0.682. The van der Waals surface area contributed by atoms with Crippen molar-refractivity contribution in [2.75, 3.05) is 13.2 Å². The van der Waals surface area contributed by atoms with Crippen LogP contribution >= 0.6 is 0 Å². The van der Waals surface area contributed by atoms with Crippen LogP contribution in [0.1, 0.15) is 51.5 Å². The number of rotatable bonds is 10. The van der Waals surface area contributed by atoms with E-state index in [4.69, 9.17) is 14.2 Å². The summed E-state index contributed by atoms with van der Waals surface area (Å²) >= 11 is 0. The van der Waals surface area contributed by atoms with Gasteiger partial charge >= 0.3 is 0 Å². The number of ether oxygens (including phenoxy) is 3. The summed E-state index contributed by atoms with van der Waals surface area (Å²) in [5, 5.41) is 2.79. The Hall–Kier alpha value is -1.80. The van der Waals surface area contributed by atoms with Gasteiger partial charge in [-0.1, -0.05) is 6.07 Å². The molecule has 1 amide bonds. The standard InChI is InChI=1S/C22H30F3NO4/c1-14(26-15(2)27)11-28-18-5-7-19(8-6-18)29-12-16-3-4-20(9-21(16)23)30-13-17-10-22(17,24)25/h3-4,9,14,17-19H,5-8,10-13H2,1-2H3,(H,26,27)/t14-,17?,18?,19?/m0/s1. The van der Waals surface area contributed by atoms with Crippen molar-refractivity contribution in [3.63, 3.8) is 0 Å². The lowest BCUT2D eigenvalue weighted by Crippen LogP contribution is -2.36. The Labute approximate surface area is 175 Å². The van der Waals surface area contributed by atoms with Crippen molar-refractivity contribution in [1.29, 1.82) is 0 Å². The van der Waals surface area contributed by atoms with Gasteiger partial charge in [0.2, 0.25) is 5.91 Å². The number of hydrogen-bond donors (Lipinski definition) is 1. The van der Waals surface area contributed by atoms with Gasteiger partial charge in [-0.15, -0.1) is 0 Å². The average Bonchev–Trinajstić information content (AvgIpc) is 3.31. The molecule has 1 unspecified atom stereocenters. The predicted molar refractivity (Wildman–Crippen MR) is 105 cm³/mol. The minimum atomic E-state index is -2.64. The van der Waals surface area contributed by atoms with Gasteiger partial charge in [0.25, 0.3) is 5.92 Å². The highest BCUT2D eigenvalue weighted by Gasteiger charge is 2.57. The molecule has 0 bridgehead atoms. The molecule has 3 rings (SSSR count). The number of nitrogens with one attached hydrogen (secondary N) is 1. The van der Waals surface area contributed by atoms with Crippen LogP contribution < -0.4 is 10.1 Å². The van der Waals surface area contributed by atoms with Gasteiger partial charge in [0, 0.05) is 31.0 Å². The Kier molecular flexibility index (Phi) is 7.63. The molecule has 1 N–H and O–H groups in total. The highest BCUT2D eigenvalue weighted by molar-refractivity contribution is 5.73. The second kappa shape index (κ2) is 10.0. The van der Waals surface area contributed by atoms with Crippen LogP contribution in [-0.4, -0.2) is 43.3 Å². The molecule has 168 valence electrons. The quantitative estimate of drug-likeness (QED) is 0.605. The van der Waals surface area contributed by atoms with Gasteiger partial charge in [-0.2, -0.15) is 0 Å². The van der Waals surface area contributed by atoms with Crippen LogP contribution in [0.4, 0.5) is 13.2 Å². The third-order valence-electron chi connectivity index (χ3n) is 5.56. The molecular formula is C22H30F3NO4. The Morgan fingerprint density at radius 3 is 2.40 bits per heavy atom. The summed E-state index contributed by atoms with van der Waals surface area (Å²) in [6, 6.07) is 4.37. The lowest BCUT2D eigenvalue weighted by Gasteiger charge is -2.29. The molecule has 2 aliphatic rings. The minimum absolute atomic E-state index is 0.0211. The van der Waals surface area contributed by atoms with Crippen LogP contribution in [0, 0.1) is 11.7 Å². The molecule has 0 radical (unpaired) electrons. The van der Waals surface area contributed by atoms with Gasteiger partial charge < -0.3 is 19.5 Å². The van der Waals surface area contributed by atoms with Crippen molar-refractivity contribution in [3.05, 3.63) is 29.6 Å². The lowest BCUT2D eigenvalue weighted by molar-refractivity contribution is -0.120. The monoisotopic (exact) mass is 429 g/mol. The van der Waals surface area contributed by atoms with E-state index in [-0.39, 0.29) is 49.5 Å². The number of halogens is 3. The normalized spacial score (nSPS) is 26.1. The van der Waals surface area contributed by atoms with Gasteiger partial charge in [-0.05, 0) is 38.7 Å². The second-order valence-corrected chi connectivity index (χ2v) is 8.37. The van der Waals surface area contributed by atoms with Crippen molar-refractivity contribution in [2.45, 2.75) is 76.7 Å². The highest BCUT2D eigenvalue weighted by Crippen LogP contribution is 2.48. The van der Waals surface area contributed by atoms with E-state index < -0.39 is 17.7 Å². The first-order valence-corrected chi connectivity index (χ1v) is 10.5. The maximum absolute atomic E-state index is 14.3. The summed E-state index contributed by atoms with van der Waals surface area (Å²) in [5.41, 5.74) is 0.418. The van der Waals surface area contributed by atoms with E-state index in [0.29, 0.717) is 12.2 Å². The van der Waals surface area contributed by atoms with Crippen LogP contribution in [0.2, 0.25) is 0 Å². The van der Waals surface area contributed by atoms with E-state index in [2.05, 4.69) is 5.32 Å². The fourth-order valence-electron chi connectivity index (χ4n) is 3.62. The maximum Gasteiger partial charge on any atom is 0.255 e. The molecule has 8 heteroatoms. The Morgan fingerprint density at radius 2 is 1.83 bits per heavy atom. The molecule has 5 nitrogen and oxygen atoms in total. The smallest absolute Gasteiger partial charge is 0.255 e. The van der Waals surface area contributed by atoms with Crippen molar-refractivity contribution in [3.8, 4) is 5.75 Å². The molecule has 2 aliphatic carbocycles. The van der Waals surface area contributed by atoms with Crippen LogP contribution in [0.3, 0.4) is 0 Å². The first kappa shape index (κ1) is 22.9. The fourth-order valence-corrected chi connectivity index (χ4v) is 3.62. The van der Waals surface area contributed by atoms with Crippen molar-refractivity contribution in [1.82, 2.24) is 5.32 Å². The zero-order chi connectivity index (χ0) is 21.7. The summed E-state index contributed by atoms with van der Waals surface area (Å²) in [5.74, 6) is -3.68. The van der Waals surface area contributed by atoms with Gasteiger partial charge in [-0.25, -0.2) is 13.2 Å². The molecule has 2 saturated carbocycles. The second-order valence-electron chi connectivity index (χ2n) is 8.37. The van der Waals surface area contributed by atoms with Crippen LogP contribution in [-0.2, 0) is 20.9 Å². The Balaban J connectivity index is 1.34. The molecule has 30 heavy (non-hydrogen) atoms. The van der Waals surface area contributed by atoms with E-state index in [0.717, 1.165) is 25.7 Å². The van der Waals surface area contributed by atoms with Crippen LogP contribution in [0.15, 0.2) is 18.2 Å². The van der Waals surface area contributed by atoms with E-state index in [1.54, 1.807) is 12.1 Å². The minimum Gasteiger partial charge on any atom is -0.493 e. The zero-order valence-electron chi connectivity index (χ0n) is 17.5. The molecule has 2 fully saturated rings. The van der Waals surface area contributed by atoms with Gasteiger partial charge in [-0.3, -0.25) is 4.79 Å². The highest BCUT2D eigenvalue weighted by atomic mass is 19.3. The summed E-state index contributed by atoms with van der Waals surface area (Å²) in [6.07, 6.45) is 3.41. The molecule has 0 spiro atoms. The number of hydrogen-bond acceptors (Lipinski definition) is 4. The average molecular weight is 429 g/mol. The van der Waals surface area contributed by atoms with Crippen LogP contribution in [0.5, 0.6) is 5.75 Å². The number of carbonyl (C=O) groups excluding carboxylic acids is 1. The van der Waals surface area contributed by atoms with Crippen LogP contribution in [0.25, 0.3) is 0 Å². The van der Waals surface area contributed by atoms with Gasteiger partial charge in [0.05, 0.1) is 37.9 Å². The van der Waals surface area contributed by atoms with E-state index in [9.17, 15) is 18.0 Å². The van der Waals surface area contributed by atoms with E-state index >= 15 is 0 Å². The van der Waals surface area contributed by atoms with Crippen molar-refractivity contribution < 1.29 is 32.2 Å². The Bertz CT molecular complexity index is 722. The molecule has 0 aromatic heterocycles. The van der Waals surface area contributed by atoms with Crippen molar-refractivity contribution in [2.24, 2.45) is 5.92 Å². The molecule has 0 aliphatic heterocycles. The van der Waals surface area contributed by atoms with Gasteiger partial charge in [0.15, 0.2) is 0 Å². The van der Waals surface area contributed by atoms with E-state index in [1.807, 2.05) is 6.92 Å². The van der Waals surface area contributed by atoms with Gasteiger partial charge in [0.1, 0.15) is 11.6 Å². The topological polar surface area (TPSA) is 56.8 Å². The molecule has 0 saturated heterocycles. The molecule has 1 aromatic carbocycles. The third-order valence-corrected chi connectivity index (χ3v) is 5.56. The molecule has 0 heterocycles. The summed E-state index contributed by atoms with van der Waals surface area (Å²) in [4.78, 5) is 11.0. The summed E-state index contributed by atoms with van der Waals surface area (Å²) < 4.78 is 57.0. The lowest BCUT2D eigenvalue weighted by atomic mass is 9.95. The number of carbonyl (C=O) groups is 1. The first-order chi connectivity index (χ1) is 14.2. The third kappa shape index (κ3) is 6.87. The zero-order valence-corrected chi connectivity index (χ0v) is 17.5. The molecule has 1 aromatic rings. The number of benzene rings is 1.